The quantitative estimate of drug-likeness (QED) is 0.773. The van der Waals surface area contributed by atoms with Crippen LogP contribution in [0.15, 0.2) is 28.8 Å². The van der Waals surface area contributed by atoms with Crippen molar-refractivity contribution in [2.45, 2.75) is 5.75 Å². The maximum atomic E-state index is 8.42. The summed E-state index contributed by atoms with van der Waals surface area (Å²) in [5.41, 5.74) is 0.850. The molecule has 1 aromatic carbocycles. The molecule has 0 bridgehead atoms. The van der Waals surface area contributed by atoms with Crippen molar-refractivity contribution in [1.82, 2.24) is 10.1 Å². The van der Waals surface area contributed by atoms with Gasteiger partial charge >= 0.3 is 0 Å². The summed E-state index contributed by atoms with van der Waals surface area (Å²) in [5.74, 6) is 2.14. The van der Waals surface area contributed by atoms with Crippen LogP contribution in [0.4, 0.5) is 0 Å². The molecule has 0 N–H and O–H groups in total. The molecule has 0 saturated heterocycles. The van der Waals surface area contributed by atoms with Gasteiger partial charge in [0, 0.05) is 5.56 Å². The van der Waals surface area contributed by atoms with Crippen LogP contribution in [0.1, 0.15) is 5.89 Å². The minimum absolute atomic E-state index is 0.402. The van der Waals surface area contributed by atoms with Crippen molar-refractivity contribution in [3.8, 4) is 22.5 Å². The molecule has 17 heavy (non-hydrogen) atoms. The Morgan fingerprint density at radius 2 is 2.18 bits per heavy atom. The summed E-state index contributed by atoms with van der Waals surface area (Å²) >= 11 is 1.07. The van der Waals surface area contributed by atoms with Gasteiger partial charge in [-0.15, -0.1) is 0 Å². The average molecular weight is 247 g/mol. The fraction of sp³-hybridized carbons (Fsp3) is 0.182. The molecule has 0 atom stereocenters. The first-order chi connectivity index (χ1) is 8.33. The lowest BCUT2D eigenvalue weighted by Crippen LogP contribution is -1.84. The predicted molar refractivity (Wildman–Crippen MR) is 63.2 cm³/mol. The second-order valence-electron chi connectivity index (χ2n) is 3.12. The summed E-state index contributed by atoms with van der Waals surface area (Å²) < 4.78 is 10.1. The van der Waals surface area contributed by atoms with Crippen molar-refractivity contribution in [3.05, 3.63) is 30.2 Å². The van der Waals surface area contributed by atoms with E-state index in [1.807, 2.05) is 29.7 Å². The largest absolute Gasteiger partial charge is 0.497 e. The van der Waals surface area contributed by atoms with E-state index in [-0.39, 0.29) is 0 Å². The molecule has 1 aromatic heterocycles. The van der Waals surface area contributed by atoms with Crippen LogP contribution in [0.25, 0.3) is 11.4 Å². The predicted octanol–water partition coefficient (Wildman–Crippen LogP) is 2.46. The summed E-state index contributed by atoms with van der Waals surface area (Å²) in [6.45, 7) is 0. The van der Waals surface area contributed by atoms with Crippen molar-refractivity contribution < 1.29 is 9.26 Å². The number of thiocyanates is 1. The van der Waals surface area contributed by atoms with Crippen LogP contribution >= 0.6 is 11.8 Å². The summed E-state index contributed by atoms with van der Waals surface area (Å²) in [4.78, 5) is 4.18. The van der Waals surface area contributed by atoms with Gasteiger partial charge in [-0.3, -0.25) is 0 Å². The van der Waals surface area contributed by atoms with Gasteiger partial charge in [0.1, 0.15) is 11.2 Å². The summed E-state index contributed by atoms with van der Waals surface area (Å²) in [5, 5.41) is 14.2. The van der Waals surface area contributed by atoms with E-state index in [1.165, 1.54) is 0 Å². The number of nitrogens with zero attached hydrogens (tertiary/aromatic N) is 3. The number of nitriles is 1. The summed E-state index contributed by atoms with van der Waals surface area (Å²) in [6.07, 6.45) is 0. The number of aromatic nitrogens is 2. The van der Waals surface area contributed by atoms with E-state index in [9.17, 15) is 0 Å². The Balaban J connectivity index is 2.16. The van der Waals surface area contributed by atoms with E-state index in [0.717, 1.165) is 23.1 Å². The van der Waals surface area contributed by atoms with Crippen molar-refractivity contribution in [2.24, 2.45) is 0 Å². The van der Waals surface area contributed by atoms with E-state index >= 15 is 0 Å². The topological polar surface area (TPSA) is 71.9 Å². The molecule has 0 aliphatic carbocycles. The fourth-order valence-corrected chi connectivity index (χ4v) is 1.57. The molecule has 1 heterocycles. The number of hydrogen-bond acceptors (Lipinski definition) is 6. The first kappa shape index (κ1) is 11.5. The van der Waals surface area contributed by atoms with Crippen molar-refractivity contribution in [2.75, 3.05) is 7.11 Å². The third-order valence-corrected chi connectivity index (χ3v) is 2.60. The molecule has 2 rings (SSSR count). The standard InChI is InChI=1S/C11H9N3O2S/c1-15-9-4-2-8(3-5-9)11-13-10(16-14-11)6-17-7-12/h2-5H,6H2,1H3. The highest BCUT2D eigenvalue weighted by molar-refractivity contribution is 8.02. The maximum absolute atomic E-state index is 8.42. The van der Waals surface area contributed by atoms with Crippen LogP contribution in [0, 0.1) is 10.7 Å². The van der Waals surface area contributed by atoms with Crippen LogP contribution < -0.4 is 4.74 Å². The zero-order valence-electron chi connectivity index (χ0n) is 9.08. The lowest BCUT2D eigenvalue weighted by Gasteiger charge is -1.98. The number of ether oxygens (including phenoxy) is 1. The fourth-order valence-electron chi connectivity index (χ4n) is 1.26. The van der Waals surface area contributed by atoms with Gasteiger partial charge < -0.3 is 9.26 Å². The SMILES string of the molecule is COc1ccc(-c2noc(CSC#N)n2)cc1. The molecule has 0 spiro atoms. The van der Waals surface area contributed by atoms with Crippen LogP contribution in [-0.4, -0.2) is 17.3 Å². The van der Waals surface area contributed by atoms with E-state index < -0.39 is 0 Å². The van der Waals surface area contributed by atoms with Gasteiger partial charge in [0.2, 0.25) is 11.7 Å². The highest BCUT2D eigenvalue weighted by Crippen LogP contribution is 2.20. The van der Waals surface area contributed by atoms with Crippen LogP contribution in [0.2, 0.25) is 0 Å². The summed E-state index contributed by atoms with van der Waals surface area (Å²) in [7, 11) is 1.61. The third-order valence-electron chi connectivity index (χ3n) is 2.08. The first-order valence-electron chi connectivity index (χ1n) is 4.81. The molecule has 0 saturated carbocycles. The highest BCUT2D eigenvalue weighted by atomic mass is 32.2. The van der Waals surface area contributed by atoms with Crippen molar-refractivity contribution in [3.63, 3.8) is 0 Å². The molecule has 0 radical (unpaired) electrons. The molecule has 0 amide bonds. The zero-order valence-corrected chi connectivity index (χ0v) is 9.90. The molecule has 0 unspecified atom stereocenters. The number of hydrogen-bond donors (Lipinski definition) is 0. The van der Waals surface area contributed by atoms with Crippen molar-refractivity contribution >= 4 is 11.8 Å². The van der Waals surface area contributed by atoms with Gasteiger partial charge in [0.05, 0.1) is 12.9 Å². The normalized spacial score (nSPS) is 9.88. The Morgan fingerprint density at radius 1 is 1.41 bits per heavy atom. The lowest BCUT2D eigenvalue weighted by atomic mass is 10.2. The third kappa shape index (κ3) is 2.77. The second kappa shape index (κ2) is 5.37. The molecule has 6 heteroatoms. The highest BCUT2D eigenvalue weighted by Gasteiger charge is 2.08. The zero-order chi connectivity index (χ0) is 12.1. The van der Waals surface area contributed by atoms with Gasteiger partial charge in [0.25, 0.3) is 0 Å². The first-order valence-corrected chi connectivity index (χ1v) is 5.80. The molecule has 2 aromatic rings. The Bertz CT molecular complexity index is 530. The number of rotatable bonds is 4. The van der Waals surface area contributed by atoms with Crippen molar-refractivity contribution in [1.29, 1.82) is 5.26 Å². The smallest absolute Gasteiger partial charge is 0.238 e. The van der Waals surface area contributed by atoms with E-state index in [2.05, 4.69) is 10.1 Å². The molecular weight excluding hydrogens is 238 g/mol. The molecular formula is C11H9N3O2S. The van der Waals surface area contributed by atoms with Crippen LogP contribution in [-0.2, 0) is 5.75 Å². The molecule has 0 aliphatic rings. The Morgan fingerprint density at radius 3 is 2.82 bits per heavy atom. The second-order valence-corrected chi connectivity index (χ2v) is 3.88. The number of methoxy groups -OCH3 is 1. The minimum atomic E-state index is 0.402. The molecule has 86 valence electrons. The monoisotopic (exact) mass is 247 g/mol. The van der Waals surface area contributed by atoms with Gasteiger partial charge in [0.15, 0.2) is 0 Å². The average Bonchev–Trinajstić information content (AvgIpc) is 2.85. The summed E-state index contributed by atoms with van der Waals surface area (Å²) in [6, 6.07) is 7.36. The van der Waals surface area contributed by atoms with Crippen LogP contribution in [0.3, 0.4) is 0 Å². The number of benzene rings is 1. The number of thioether (sulfide) groups is 1. The Kier molecular flexibility index (Phi) is 3.62. The van der Waals surface area contributed by atoms with Gasteiger partial charge in [-0.2, -0.15) is 10.2 Å². The van der Waals surface area contributed by atoms with E-state index in [1.54, 1.807) is 7.11 Å². The van der Waals surface area contributed by atoms with Gasteiger partial charge in [-0.25, -0.2) is 0 Å². The molecule has 5 nitrogen and oxygen atoms in total. The van der Waals surface area contributed by atoms with Gasteiger partial charge in [-0.05, 0) is 36.0 Å². The lowest BCUT2D eigenvalue weighted by molar-refractivity contribution is 0.392. The van der Waals surface area contributed by atoms with Crippen LogP contribution in [0.5, 0.6) is 5.75 Å². The van der Waals surface area contributed by atoms with Gasteiger partial charge in [-0.1, -0.05) is 5.16 Å². The minimum Gasteiger partial charge on any atom is -0.497 e. The molecule has 0 aliphatic heterocycles. The maximum Gasteiger partial charge on any atom is 0.238 e. The Hall–Kier alpha value is -2.00. The molecule has 0 fully saturated rings. The van der Waals surface area contributed by atoms with E-state index in [4.69, 9.17) is 14.5 Å². The Labute approximate surface area is 102 Å². The van der Waals surface area contributed by atoms with E-state index in [0.29, 0.717) is 17.5 Å².